The zero-order chi connectivity index (χ0) is 9.14. The summed E-state index contributed by atoms with van der Waals surface area (Å²) < 4.78 is 0. The van der Waals surface area contributed by atoms with Crippen LogP contribution in [0.15, 0.2) is 0 Å². The highest BCUT2D eigenvalue weighted by molar-refractivity contribution is 5.84. The number of hydrogen-bond acceptors (Lipinski definition) is 2. The molecule has 12 heavy (non-hydrogen) atoms. The fourth-order valence-corrected chi connectivity index (χ4v) is 1.62. The summed E-state index contributed by atoms with van der Waals surface area (Å²) in [6, 6.07) is -0.278. The topological polar surface area (TPSA) is 65.0 Å². The highest BCUT2D eigenvalue weighted by Gasteiger charge is 2.31. The molecular formula is C8H15N2O2+. The molecule has 0 aromatic rings. The van der Waals surface area contributed by atoms with Crippen molar-refractivity contribution in [2.45, 2.75) is 32.2 Å². The van der Waals surface area contributed by atoms with Gasteiger partial charge in [-0.1, -0.05) is 6.92 Å². The smallest absolute Gasteiger partial charge is 0.327 e. The van der Waals surface area contributed by atoms with Crippen LogP contribution < -0.4 is 5.73 Å². The maximum absolute atomic E-state index is 11.2. The van der Waals surface area contributed by atoms with Gasteiger partial charge in [0.05, 0.1) is 0 Å². The molecule has 0 aliphatic carbocycles. The molecule has 1 fully saturated rings. The van der Waals surface area contributed by atoms with Crippen molar-refractivity contribution in [3.8, 4) is 0 Å². The van der Waals surface area contributed by atoms with E-state index in [1.54, 1.807) is 4.90 Å². The highest BCUT2D eigenvalue weighted by atomic mass is 16.2. The molecule has 1 atom stereocenters. The molecule has 4 heteroatoms. The Labute approximate surface area is 71.7 Å². The van der Waals surface area contributed by atoms with Gasteiger partial charge in [0.15, 0.2) is 0 Å². The van der Waals surface area contributed by atoms with E-state index in [4.69, 9.17) is 0 Å². The molecular weight excluding hydrogens is 156 g/mol. The quantitative estimate of drug-likeness (QED) is 0.601. The number of hydrogen-bond donors (Lipinski definition) is 1. The first-order valence-electron chi connectivity index (χ1n) is 4.32. The van der Waals surface area contributed by atoms with E-state index < -0.39 is 0 Å². The van der Waals surface area contributed by atoms with Crippen LogP contribution in [0.5, 0.6) is 0 Å². The minimum Gasteiger partial charge on any atom is -0.327 e. The van der Waals surface area contributed by atoms with Crippen LogP contribution >= 0.6 is 0 Å². The Bertz CT molecular complexity index is 203. The number of carbonyl (C=O) groups excluding carboxylic acids is 2. The summed E-state index contributed by atoms with van der Waals surface area (Å²) in [7, 11) is 0. The SMILES string of the molecule is CCC(C([NH3+])=O)N1CCCC1=O. The van der Waals surface area contributed by atoms with Crippen molar-refractivity contribution in [2.24, 2.45) is 0 Å². The standard InChI is InChI=1S/C8H14N2O2/c1-2-6(8(9)12)10-5-3-4-7(10)11/h6H,2-5H2,1H3,(H2,9,12)/p+1. The largest absolute Gasteiger partial charge is 0.331 e. The van der Waals surface area contributed by atoms with Crippen molar-refractivity contribution in [1.29, 1.82) is 0 Å². The van der Waals surface area contributed by atoms with Crippen LogP contribution in [0.4, 0.5) is 0 Å². The second kappa shape index (κ2) is 3.67. The zero-order valence-electron chi connectivity index (χ0n) is 7.38. The first kappa shape index (κ1) is 9.19. The molecule has 3 N–H and O–H groups in total. The van der Waals surface area contributed by atoms with Gasteiger partial charge in [-0.25, -0.2) is 4.79 Å². The van der Waals surface area contributed by atoms with E-state index in [2.05, 4.69) is 5.73 Å². The van der Waals surface area contributed by atoms with Crippen LogP contribution in [0, 0.1) is 0 Å². The number of nitrogens with zero attached hydrogens (tertiary/aromatic N) is 1. The number of quaternary nitrogens is 1. The van der Waals surface area contributed by atoms with Gasteiger partial charge in [0, 0.05) is 13.0 Å². The molecule has 2 amide bonds. The van der Waals surface area contributed by atoms with Crippen LogP contribution in [0.3, 0.4) is 0 Å². The zero-order valence-corrected chi connectivity index (χ0v) is 7.38. The number of amides is 2. The summed E-state index contributed by atoms with van der Waals surface area (Å²) in [4.78, 5) is 23.9. The Morgan fingerprint density at radius 1 is 1.75 bits per heavy atom. The summed E-state index contributed by atoms with van der Waals surface area (Å²) in [5.41, 5.74) is 3.36. The number of likely N-dealkylation sites (tertiary alicyclic amines) is 1. The Balaban J connectivity index is 2.65. The summed E-state index contributed by atoms with van der Waals surface area (Å²) in [6.07, 6.45) is 2.14. The Morgan fingerprint density at radius 3 is 2.75 bits per heavy atom. The lowest BCUT2D eigenvalue weighted by Gasteiger charge is -2.21. The van der Waals surface area contributed by atoms with E-state index in [9.17, 15) is 9.59 Å². The van der Waals surface area contributed by atoms with Gasteiger partial charge in [-0.05, 0) is 12.8 Å². The van der Waals surface area contributed by atoms with E-state index in [1.165, 1.54) is 0 Å². The average Bonchev–Trinajstić information content (AvgIpc) is 2.38. The van der Waals surface area contributed by atoms with Gasteiger partial charge in [-0.15, -0.1) is 0 Å². The van der Waals surface area contributed by atoms with Crippen molar-refractivity contribution < 1.29 is 15.3 Å². The minimum atomic E-state index is -0.278. The van der Waals surface area contributed by atoms with Crippen LogP contribution in [0.2, 0.25) is 0 Å². The Hall–Kier alpha value is -0.900. The molecule has 4 nitrogen and oxygen atoms in total. The second-order valence-electron chi connectivity index (χ2n) is 3.08. The Kier molecular flexibility index (Phi) is 2.81. The molecule has 1 rings (SSSR count). The van der Waals surface area contributed by atoms with Gasteiger partial charge in [0.2, 0.25) is 5.91 Å². The molecule has 68 valence electrons. The summed E-state index contributed by atoms with van der Waals surface area (Å²) >= 11 is 0. The van der Waals surface area contributed by atoms with E-state index >= 15 is 0 Å². The summed E-state index contributed by atoms with van der Waals surface area (Å²) in [5, 5.41) is 0. The molecule has 0 spiro atoms. The number of rotatable bonds is 3. The molecule has 0 radical (unpaired) electrons. The fourth-order valence-electron chi connectivity index (χ4n) is 1.62. The van der Waals surface area contributed by atoms with E-state index in [0.29, 0.717) is 12.8 Å². The van der Waals surface area contributed by atoms with Crippen molar-refractivity contribution in [2.75, 3.05) is 6.54 Å². The highest BCUT2D eigenvalue weighted by Crippen LogP contribution is 2.14. The molecule has 0 aromatic carbocycles. The average molecular weight is 171 g/mol. The third-order valence-corrected chi connectivity index (χ3v) is 2.24. The third kappa shape index (κ3) is 1.64. The van der Waals surface area contributed by atoms with Crippen molar-refractivity contribution >= 4 is 11.8 Å². The predicted octanol–water partition coefficient (Wildman–Crippen LogP) is -0.844. The summed E-state index contributed by atoms with van der Waals surface area (Å²) in [5.74, 6) is -0.0494. The van der Waals surface area contributed by atoms with Crippen molar-refractivity contribution in [3.63, 3.8) is 0 Å². The fraction of sp³-hybridized carbons (Fsp3) is 0.750. The normalized spacial score (nSPS) is 19.8. The number of carbonyl (C=O) groups is 2. The second-order valence-corrected chi connectivity index (χ2v) is 3.08. The molecule has 1 unspecified atom stereocenters. The maximum Gasteiger partial charge on any atom is 0.331 e. The predicted molar refractivity (Wildman–Crippen MR) is 42.9 cm³/mol. The van der Waals surface area contributed by atoms with Gasteiger partial charge in [0.25, 0.3) is 0 Å². The summed E-state index contributed by atoms with van der Waals surface area (Å²) in [6.45, 7) is 2.62. The lowest BCUT2D eigenvalue weighted by Crippen LogP contribution is -2.66. The first-order chi connectivity index (χ1) is 5.66. The van der Waals surface area contributed by atoms with E-state index in [-0.39, 0.29) is 17.9 Å². The molecule has 1 aliphatic heterocycles. The molecule has 0 bridgehead atoms. The lowest BCUT2D eigenvalue weighted by molar-refractivity contribution is -0.311. The molecule has 1 saturated heterocycles. The van der Waals surface area contributed by atoms with Gasteiger partial charge < -0.3 is 4.90 Å². The van der Waals surface area contributed by atoms with E-state index in [1.807, 2.05) is 6.92 Å². The van der Waals surface area contributed by atoms with Crippen LogP contribution in [-0.4, -0.2) is 29.3 Å². The van der Waals surface area contributed by atoms with Gasteiger partial charge >= 0.3 is 5.91 Å². The van der Waals surface area contributed by atoms with Crippen LogP contribution in [0.1, 0.15) is 26.2 Å². The monoisotopic (exact) mass is 171 g/mol. The minimum absolute atomic E-state index is 0.0962. The lowest BCUT2D eigenvalue weighted by atomic mass is 10.2. The van der Waals surface area contributed by atoms with Crippen molar-refractivity contribution in [3.05, 3.63) is 0 Å². The maximum atomic E-state index is 11.2. The Morgan fingerprint density at radius 2 is 2.42 bits per heavy atom. The molecule has 0 aromatic heterocycles. The van der Waals surface area contributed by atoms with Gasteiger partial charge in [0.1, 0.15) is 6.04 Å². The first-order valence-corrected chi connectivity index (χ1v) is 4.32. The van der Waals surface area contributed by atoms with Crippen molar-refractivity contribution in [1.82, 2.24) is 4.90 Å². The van der Waals surface area contributed by atoms with Crippen LogP contribution in [-0.2, 0) is 9.59 Å². The molecule has 0 saturated carbocycles. The third-order valence-electron chi connectivity index (χ3n) is 2.24. The molecule has 1 heterocycles. The van der Waals surface area contributed by atoms with Crippen LogP contribution in [0.25, 0.3) is 0 Å². The van der Waals surface area contributed by atoms with Gasteiger partial charge in [-0.3, -0.25) is 10.5 Å². The van der Waals surface area contributed by atoms with E-state index in [0.717, 1.165) is 13.0 Å². The van der Waals surface area contributed by atoms with Gasteiger partial charge in [-0.2, -0.15) is 0 Å². The molecule has 1 aliphatic rings.